The zero-order valence-corrected chi connectivity index (χ0v) is 18.2. The molecule has 4 heteroatoms. The largest absolute Gasteiger partial charge is 0.489 e. The molecule has 4 rings (SSSR count). The van der Waals surface area contributed by atoms with Gasteiger partial charge in [0.1, 0.15) is 18.5 Å². The van der Waals surface area contributed by atoms with Crippen molar-refractivity contribution in [1.29, 1.82) is 0 Å². The van der Waals surface area contributed by atoms with Gasteiger partial charge in [-0.3, -0.25) is 0 Å². The van der Waals surface area contributed by atoms with Gasteiger partial charge in [-0.1, -0.05) is 45.4 Å². The molecule has 0 aromatic heterocycles. The van der Waals surface area contributed by atoms with Gasteiger partial charge >= 0.3 is 0 Å². The highest BCUT2D eigenvalue weighted by Crippen LogP contribution is 2.62. The molecule has 158 valence electrons. The average molecular weight is 399 g/mol. The highest BCUT2D eigenvalue weighted by molar-refractivity contribution is 5.54. The number of hydrogen-bond acceptors (Lipinski definition) is 4. The lowest BCUT2D eigenvalue weighted by molar-refractivity contribution is -0.00456. The van der Waals surface area contributed by atoms with Gasteiger partial charge in [0.2, 0.25) is 6.79 Å². The third-order valence-electron chi connectivity index (χ3n) is 7.54. The molecule has 0 spiro atoms. The van der Waals surface area contributed by atoms with E-state index in [1.807, 2.05) is 12.1 Å². The topological polar surface area (TPSA) is 47.9 Å². The van der Waals surface area contributed by atoms with E-state index in [1.54, 1.807) is 6.08 Å². The first-order chi connectivity index (χ1) is 13.8. The number of benzene rings is 1. The molecule has 29 heavy (non-hydrogen) atoms. The van der Waals surface area contributed by atoms with E-state index in [0.29, 0.717) is 29.8 Å². The summed E-state index contributed by atoms with van der Waals surface area (Å²) in [6.07, 6.45) is 6.82. The second-order valence-corrected chi connectivity index (χ2v) is 9.79. The van der Waals surface area contributed by atoms with Crippen molar-refractivity contribution in [2.24, 2.45) is 16.7 Å². The van der Waals surface area contributed by atoms with Crippen LogP contribution in [-0.2, 0) is 0 Å². The predicted octanol–water partition coefficient (Wildman–Crippen LogP) is 5.96. The highest BCUT2D eigenvalue weighted by Gasteiger charge is 2.52. The van der Waals surface area contributed by atoms with Crippen LogP contribution in [0.2, 0.25) is 0 Å². The standard InChI is InChI=1S/C25H34O4/c1-6-12-27-18-14-20-19(28-15-29-20)13-17(18)23(26)22-16(2)8-9-21-24(3,4)10-7-11-25(21,22)5/h6,13-14,21,23,26H,1,7-12,15H2,2-5H3/t21-,23?,25-/m0/s1. The first-order valence-electron chi connectivity index (χ1n) is 10.8. The Kier molecular flexibility index (Phi) is 5.18. The number of hydrogen-bond donors (Lipinski definition) is 1. The van der Waals surface area contributed by atoms with Crippen LogP contribution in [0.25, 0.3) is 0 Å². The maximum atomic E-state index is 11.7. The molecule has 4 nitrogen and oxygen atoms in total. The van der Waals surface area contributed by atoms with E-state index < -0.39 is 6.10 Å². The summed E-state index contributed by atoms with van der Waals surface area (Å²) in [5.41, 5.74) is 3.55. The number of allylic oxidation sites excluding steroid dienone is 1. The van der Waals surface area contributed by atoms with E-state index in [-0.39, 0.29) is 17.6 Å². The summed E-state index contributed by atoms with van der Waals surface area (Å²) in [7, 11) is 0. The summed E-state index contributed by atoms with van der Waals surface area (Å²) >= 11 is 0. The van der Waals surface area contributed by atoms with Gasteiger partial charge in [0.25, 0.3) is 0 Å². The third kappa shape index (κ3) is 3.35. The van der Waals surface area contributed by atoms with Crippen molar-refractivity contribution in [1.82, 2.24) is 0 Å². The monoisotopic (exact) mass is 398 g/mol. The zero-order chi connectivity index (χ0) is 20.8. The van der Waals surface area contributed by atoms with Crippen LogP contribution in [0.5, 0.6) is 17.2 Å². The summed E-state index contributed by atoms with van der Waals surface area (Å²) in [6.45, 7) is 13.7. The number of rotatable bonds is 5. The molecule has 1 N–H and O–H groups in total. The van der Waals surface area contributed by atoms with Gasteiger partial charge in [-0.15, -0.1) is 0 Å². The molecule has 3 atom stereocenters. The lowest BCUT2D eigenvalue weighted by Gasteiger charge is -2.56. The molecule has 1 aromatic carbocycles. The van der Waals surface area contributed by atoms with Crippen LogP contribution in [0.3, 0.4) is 0 Å². The van der Waals surface area contributed by atoms with Gasteiger partial charge < -0.3 is 19.3 Å². The number of fused-ring (bicyclic) bond motifs is 2. The van der Waals surface area contributed by atoms with E-state index in [4.69, 9.17) is 14.2 Å². The minimum atomic E-state index is -0.717. The fraction of sp³-hybridized carbons (Fsp3) is 0.600. The zero-order valence-electron chi connectivity index (χ0n) is 18.2. The van der Waals surface area contributed by atoms with Crippen molar-refractivity contribution >= 4 is 0 Å². The molecule has 0 amide bonds. The Morgan fingerprint density at radius 1 is 1.24 bits per heavy atom. The Hall–Kier alpha value is -1.94. The molecule has 1 heterocycles. The minimum absolute atomic E-state index is 0.00439. The molecule has 0 bridgehead atoms. The molecule has 1 saturated carbocycles. The van der Waals surface area contributed by atoms with E-state index in [0.717, 1.165) is 18.4 Å². The maximum Gasteiger partial charge on any atom is 0.231 e. The van der Waals surface area contributed by atoms with Gasteiger partial charge in [-0.05, 0) is 61.0 Å². The molecule has 1 unspecified atom stereocenters. The van der Waals surface area contributed by atoms with Crippen LogP contribution >= 0.6 is 0 Å². The van der Waals surface area contributed by atoms with Crippen molar-refractivity contribution in [3.8, 4) is 17.2 Å². The minimum Gasteiger partial charge on any atom is -0.489 e. The lowest BCUT2D eigenvalue weighted by atomic mass is 9.49. The Labute approximate surface area is 174 Å². The van der Waals surface area contributed by atoms with Gasteiger partial charge in [0.05, 0.1) is 0 Å². The van der Waals surface area contributed by atoms with Crippen LogP contribution in [0.1, 0.15) is 71.5 Å². The normalized spacial score (nSPS) is 28.7. The Morgan fingerprint density at radius 2 is 1.97 bits per heavy atom. The summed E-state index contributed by atoms with van der Waals surface area (Å²) in [6, 6.07) is 3.74. The average Bonchev–Trinajstić information content (AvgIpc) is 3.11. The van der Waals surface area contributed by atoms with Gasteiger partial charge in [-0.2, -0.15) is 0 Å². The van der Waals surface area contributed by atoms with Crippen LogP contribution < -0.4 is 14.2 Å². The number of aliphatic hydroxyl groups excluding tert-OH is 1. The van der Waals surface area contributed by atoms with E-state index in [9.17, 15) is 5.11 Å². The molecule has 0 saturated heterocycles. The summed E-state index contributed by atoms with van der Waals surface area (Å²) in [5.74, 6) is 2.55. The fourth-order valence-electron chi connectivity index (χ4n) is 6.26. The lowest BCUT2D eigenvalue weighted by Crippen LogP contribution is -2.46. The quantitative estimate of drug-likeness (QED) is 0.622. The molecule has 0 radical (unpaired) electrons. The first kappa shape index (κ1) is 20.3. The SMILES string of the molecule is C=CCOc1cc2c(cc1C(O)C1=C(C)CC[C@H]3C(C)(C)CCC[C@]13C)OCO2. The summed E-state index contributed by atoms with van der Waals surface area (Å²) in [4.78, 5) is 0. The maximum absolute atomic E-state index is 11.7. The molecular formula is C25H34O4. The molecule has 1 aliphatic heterocycles. The molecule has 2 aliphatic carbocycles. The van der Waals surface area contributed by atoms with Gasteiger partial charge in [0, 0.05) is 11.6 Å². The number of aliphatic hydroxyl groups is 1. The first-order valence-corrected chi connectivity index (χ1v) is 10.8. The third-order valence-corrected chi connectivity index (χ3v) is 7.54. The Bertz CT molecular complexity index is 837. The van der Waals surface area contributed by atoms with E-state index in [2.05, 4.69) is 34.3 Å². The Morgan fingerprint density at radius 3 is 2.69 bits per heavy atom. The van der Waals surface area contributed by atoms with Crippen molar-refractivity contribution in [2.45, 2.75) is 65.9 Å². The van der Waals surface area contributed by atoms with Gasteiger partial charge in [0.15, 0.2) is 11.5 Å². The fourth-order valence-corrected chi connectivity index (χ4v) is 6.26. The van der Waals surface area contributed by atoms with Crippen molar-refractivity contribution in [3.63, 3.8) is 0 Å². The van der Waals surface area contributed by atoms with Crippen molar-refractivity contribution < 1.29 is 19.3 Å². The second kappa shape index (κ2) is 7.39. The second-order valence-electron chi connectivity index (χ2n) is 9.79. The number of ether oxygens (including phenoxy) is 3. The molecule has 3 aliphatic rings. The van der Waals surface area contributed by atoms with Crippen LogP contribution in [0.4, 0.5) is 0 Å². The van der Waals surface area contributed by atoms with E-state index in [1.165, 1.54) is 30.4 Å². The van der Waals surface area contributed by atoms with Crippen molar-refractivity contribution in [2.75, 3.05) is 13.4 Å². The van der Waals surface area contributed by atoms with Gasteiger partial charge in [-0.25, -0.2) is 0 Å². The van der Waals surface area contributed by atoms with Crippen molar-refractivity contribution in [3.05, 3.63) is 41.5 Å². The smallest absolute Gasteiger partial charge is 0.231 e. The predicted molar refractivity (Wildman–Crippen MR) is 114 cm³/mol. The Balaban J connectivity index is 1.79. The highest BCUT2D eigenvalue weighted by atomic mass is 16.7. The molecular weight excluding hydrogens is 364 g/mol. The van der Waals surface area contributed by atoms with Crippen LogP contribution in [0, 0.1) is 16.7 Å². The molecule has 1 aromatic rings. The molecule has 1 fully saturated rings. The van der Waals surface area contributed by atoms with E-state index >= 15 is 0 Å². The van der Waals surface area contributed by atoms with Crippen LogP contribution in [-0.4, -0.2) is 18.5 Å². The van der Waals surface area contributed by atoms with Crippen LogP contribution in [0.15, 0.2) is 35.9 Å². The summed E-state index contributed by atoms with van der Waals surface area (Å²) in [5, 5.41) is 11.7. The summed E-state index contributed by atoms with van der Waals surface area (Å²) < 4.78 is 17.1.